The van der Waals surface area contributed by atoms with Crippen molar-refractivity contribution in [2.24, 2.45) is 0 Å². The van der Waals surface area contributed by atoms with Gasteiger partial charge in [-0.15, -0.1) is 0 Å². The maximum Gasteiger partial charge on any atom is 0.254 e. The van der Waals surface area contributed by atoms with Gasteiger partial charge in [-0.25, -0.2) is 8.42 Å². The van der Waals surface area contributed by atoms with Crippen molar-refractivity contribution in [2.45, 2.75) is 4.90 Å². The Bertz CT molecular complexity index is 1130. The van der Waals surface area contributed by atoms with Gasteiger partial charge in [0.05, 0.1) is 24.8 Å². The number of carbonyl (C=O) groups is 2. The largest absolute Gasteiger partial charge is 0.379 e. The molecule has 1 aliphatic rings. The fourth-order valence-corrected chi connectivity index (χ4v) is 5.24. The first-order chi connectivity index (χ1) is 15.6. The van der Waals surface area contributed by atoms with Gasteiger partial charge in [0.1, 0.15) is 4.90 Å². The summed E-state index contributed by atoms with van der Waals surface area (Å²) in [5.74, 6) is -0.771. The van der Waals surface area contributed by atoms with Crippen LogP contribution in [-0.4, -0.2) is 83.4 Å². The van der Waals surface area contributed by atoms with Crippen molar-refractivity contribution in [3.05, 3.63) is 53.1 Å². The monoisotopic (exact) mass is 494 g/mol. The average molecular weight is 495 g/mol. The van der Waals surface area contributed by atoms with Gasteiger partial charge in [-0.05, 0) is 36.4 Å². The van der Waals surface area contributed by atoms with E-state index in [2.05, 4.69) is 5.32 Å². The van der Waals surface area contributed by atoms with Gasteiger partial charge in [-0.3, -0.25) is 9.59 Å². The van der Waals surface area contributed by atoms with E-state index in [9.17, 15) is 18.0 Å². The first kappa shape index (κ1) is 25.0. The number of rotatable bonds is 7. The lowest BCUT2D eigenvalue weighted by atomic mass is 10.1. The number of hydrogen-bond donors (Lipinski definition) is 1. The van der Waals surface area contributed by atoms with Gasteiger partial charge in [-0.1, -0.05) is 17.7 Å². The average Bonchev–Trinajstić information content (AvgIpc) is 2.80. The molecule has 1 heterocycles. The van der Waals surface area contributed by atoms with Crippen molar-refractivity contribution < 1.29 is 22.7 Å². The molecule has 0 radical (unpaired) electrons. The number of nitrogens with one attached hydrogen (secondary N) is 1. The van der Waals surface area contributed by atoms with Crippen molar-refractivity contribution in [3.63, 3.8) is 0 Å². The van der Waals surface area contributed by atoms with Gasteiger partial charge in [0.2, 0.25) is 15.9 Å². The number of nitrogens with zero attached hydrogens (tertiary/aromatic N) is 3. The summed E-state index contributed by atoms with van der Waals surface area (Å²) in [6.45, 7) is 0.879. The Morgan fingerprint density at radius 1 is 1.09 bits per heavy atom. The Kier molecular flexibility index (Phi) is 7.96. The summed E-state index contributed by atoms with van der Waals surface area (Å²) in [6, 6.07) is 11.4. The number of hydrogen-bond acceptors (Lipinski definition) is 6. The molecule has 33 heavy (non-hydrogen) atoms. The zero-order valence-corrected chi connectivity index (χ0v) is 20.3. The van der Waals surface area contributed by atoms with E-state index in [-0.39, 0.29) is 41.1 Å². The molecule has 11 heteroatoms. The number of benzene rings is 2. The summed E-state index contributed by atoms with van der Waals surface area (Å²) in [5.41, 5.74) is 1.60. The molecule has 9 nitrogen and oxygen atoms in total. The van der Waals surface area contributed by atoms with Crippen LogP contribution in [0, 0.1) is 0 Å². The molecule has 3 rings (SSSR count). The Labute approximate surface area is 198 Å². The predicted molar refractivity (Wildman–Crippen MR) is 127 cm³/mol. The van der Waals surface area contributed by atoms with Gasteiger partial charge >= 0.3 is 0 Å². The van der Waals surface area contributed by atoms with Gasteiger partial charge in [-0.2, -0.15) is 4.31 Å². The number of morpholine rings is 1. The highest BCUT2D eigenvalue weighted by molar-refractivity contribution is 7.89. The highest BCUT2D eigenvalue weighted by Gasteiger charge is 2.28. The Morgan fingerprint density at radius 2 is 1.79 bits per heavy atom. The molecular weight excluding hydrogens is 468 g/mol. The van der Waals surface area contributed by atoms with Crippen LogP contribution in [0.25, 0.3) is 0 Å². The van der Waals surface area contributed by atoms with Crippen molar-refractivity contribution >= 4 is 44.8 Å². The standard InChI is InChI=1S/C22H27ClN4O5S/c1-25(2)18-6-4-5-16(13-18)22(29)26(3)15-21(28)24-17-7-8-19(23)20(14-17)33(30,31)27-9-11-32-12-10-27/h4-8,13-14H,9-12,15H2,1-3H3,(H,24,28). The summed E-state index contributed by atoms with van der Waals surface area (Å²) >= 11 is 6.16. The zero-order chi connectivity index (χ0) is 24.2. The summed E-state index contributed by atoms with van der Waals surface area (Å²) in [7, 11) is 1.45. The highest BCUT2D eigenvalue weighted by Crippen LogP contribution is 2.28. The van der Waals surface area contributed by atoms with E-state index < -0.39 is 15.9 Å². The SMILES string of the molecule is CN(CC(=O)Nc1ccc(Cl)c(S(=O)(=O)N2CCOCC2)c1)C(=O)c1cccc(N(C)C)c1. The van der Waals surface area contributed by atoms with E-state index in [0.29, 0.717) is 18.8 Å². The number of carbonyl (C=O) groups excluding carboxylic acids is 2. The van der Waals surface area contributed by atoms with Gasteiger partial charge in [0.25, 0.3) is 5.91 Å². The molecule has 0 atom stereocenters. The molecule has 0 aliphatic carbocycles. The van der Waals surface area contributed by atoms with Crippen molar-refractivity contribution in [3.8, 4) is 0 Å². The van der Waals surface area contributed by atoms with Crippen LogP contribution in [0.4, 0.5) is 11.4 Å². The lowest BCUT2D eigenvalue weighted by molar-refractivity contribution is -0.116. The predicted octanol–water partition coefficient (Wildman–Crippen LogP) is 2.14. The molecule has 2 amide bonds. The number of sulfonamides is 1. The fraction of sp³-hybridized carbons (Fsp3) is 0.364. The lowest BCUT2D eigenvalue weighted by Gasteiger charge is -2.26. The van der Waals surface area contributed by atoms with E-state index in [1.54, 1.807) is 18.2 Å². The molecule has 0 saturated carbocycles. The topological polar surface area (TPSA) is 99.3 Å². The Morgan fingerprint density at radius 3 is 2.45 bits per heavy atom. The van der Waals surface area contributed by atoms with Gasteiger partial charge in [0, 0.05) is 51.2 Å². The molecule has 1 fully saturated rings. The zero-order valence-electron chi connectivity index (χ0n) is 18.7. The van der Waals surface area contributed by atoms with Crippen molar-refractivity contribution in [1.29, 1.82) is 0 Å². The second-order valence-electron chi connectivity index (χ2n) is 7.82. The molecule has 0 unspecified atom stereocenters. The summed E-state index contributed by atoms with van der Waals surface area (Å²) in [6.07, 6.45) is 0. The van der Waals surface area contributed by atoms with E-state index in [1.807, 2.05) is 25.1 Å². The lowest BCUT2D eigenvalue weighted by Crippen LogP contribution is -2.40. The van der Waals surface area contributed by atoms with Crippen LogP contribution in [-0.2, 0) is 19.6 Å². The third kappa shape index (κ3) is 6.02. The van der Waals surface area contributed by atoms with Crippen LogP contribution in [0.3, 0.4) is 0 Å². The number of amides is 2. The minimum absolute atomic E-state index is 0.0626. The van der Waals surface area contributed by atoms with E-state index >= 15 is 0 Å². The Balaban J connectivity index is 1.69. The van der Waals surface area contributed by atoms with Crippen LogP contribution in [0.5, 0.6) is 0 Å². The molecule has 1 N–H and O–H groups in total. The number of anilines is 2. The summed E-state index contributed by atoms with van der Waals surface area (Å²) in [5, 5.41) is 2.71. The number of halogens is 1. The molecular formula is C22H27ClN4O5S. The molecule has 0 bridgehead atoms. The summed E-state index contributed by atoms with van der Waals surface area (Å²) < 4.78 is 32.4. The van der Waals surface area contributed by atoms with E-state index in [4.69, 9.17) is 16.3 Å². The molecule has 1 aliphatic heterocycles. The van der Waals surface area contributed by atoms with Crippen LogP contribution >= 0.6 is 11.6 Å². The minimum Gasteiger partial charge on any atom is -0.379 e. The fourth-order valence-electron chi connectivity index (χ4n) is 3.33. The first-order valence-electron chi connectivity index (χ1n) is 10.3. The molecule has 2 aromatic carbocycles. The number of likely N-dealkylation sites (N-methyl/N-ethyl adjacent to an activating group) is 1. The molecule has 178 valence electrons. The van der Waals surface area contributed by atoms with Crippen molar-refractivity contribution in [1.82, 2.24) is 9.21 Å². The number of ether oxygens (including phenoxy) is 1. The smallest absolute Gasteiger partial charge is 0.254 e. The van der Waals surface area contributed by atoms with E-state index in [1.165, 1.54) is 34.5 Å². The van der Waals surface area contributed by atoms with Crippen molar-refractivity contribution in [2.75, 3.05) is 64.2 Å². The third-order valence-electron chi connectivity index (χ3n) is 5.14. The minimum atomic E-state index is -3.83. The van der Waals surface area contributed by atoms with Gasteiger partial charge in [0.15, 0.2) is 0 Å². The quantitative estimate of drug-likeness (QED) is 0.633. The third-order valence-corrected chi connectivity index (χ3v) is 7.52. The second-order valence-corrected chi connectivity index (χ2v) is 10.1. The van der Waals surface area contributed by atoms with Crippen LogP contribution in [0.2, 0.25) is 5.02 Å². The Hall–Kier alpha value is -2.66. The van der Waals surface area contributed by atoms with Crippen LogP contribution in [0.15, 0.2) is 47.4 Å². The first-order valence-corrected chi connectivity index (χ1v) is 12.1. The van der Waals surface area contributed by atoms with Crippen LogP contribution in [0.1, 0.15) is 10.4 Å². The molecule has 0 aromatic heterocycles. The highest BCUT2D eigenvalue weighted by atomic mass is 35.5. The summed E-state index contributed by atoms with van der Waals surface area (Å²) in [4.78, 5) is 28.4. The van der Waals surface area contributed by atoms with Gasteiger partial charge < -0.3 is 19.9 Å². The van der Waals surface area contributed by atoms with Crippen LogP contribution < -0.4 is 10.2 Å². The maximum absolute atomic E-state index is 13.0. The second kappa shape index (κ2) is 10.5. The molecule has 1 saturated heterocycles. The molecule has 0 spiro atoms. The normalized spacial score (nSPS) is 14.5. The maximum atomic E-state index is 13.0. The molecule has 2 aromatic rings. The van der Waals surface area contributed by atoms with E-state index in [0.717, 1.165) is 5.69 Å².